The summed E-state index contributed by atoms with van der Waals surface area (Å²) in [4.78, 5) is 0. The fraction of sp³-hybridized carbons (Fsp3) is 0.625. The average molecular weight is 252 g/mol. The Labute approximate surface area is 112 Å². The molecular formula is C16H28O2. The largest absolute Gasteiger partial charge is 0.388 e. The van der Waals surface area contributed by atoms with E-state index in [0.29, 0.717) is 12.3 Å². The molecule has 0 unspecified atom stereocenters. The van der Waals surface area contributed by atoms with Gasteiger partial charge in [0, 0.05) is 13.0 Å². The summed E-state index contributed by atoms with van der Waals surface area (Å²) in [6.07, 6.45) is 7.20. The Morgan fingerprint density at radius 1 is 1.33 bits per heavy atom. The van der Waals surface area contributed by atoms with E-state index in [4.69, 9.17) is 4.74 Å². The number of allylic oxidation sites excluding steroid dienone is 1. The molecule has 1 N–H and O–H groups in total. The van der Waals surface area contributed by atoms with Gasteiger partial charge in [-0.3, -0.25) is 0 Å². The van der Waals surface area contributed by atoms with Gasteiger partial charge < -0.3 is 9.84 Å². The first-order valence-corrected chi connectivity index (χ1v) is 6.64. The van der Waals surface area contributed by atoms with Gasteiger partial charge in [-0.1, -0.05) is 25.2 Å². The van der Waals surface area contributed by atoms with Crippen LogP contribution in [-0.2, 0) is 4.74 Å². The van der Waals surface area contributed by atoms with Crippen LogP contribution in [0.2, 0.25) is 0 Å². The molecular weight excluding hydrogens is 224 g/mol. The average Bonchev–Trinajstić information content (AvgIpc) is 2.37. The van der Waals surface area contributed by atoms with Gasteiger partial charge in [-0.2, -0.15) is 0 Å². The number of aliphatic hydroxyl groups excluding tert-OH is 1. The Bertz CT molecular complexity index is 302. The Morgan fingerprint density at radius 2 is 1.94 bits per heavy atom. The number of aliphatic hydroxyl groups is 1. The lowest BCUT2D eigenvalue weighted by molar-refractivity contribution is 0.0947. The van der Waals surface area contributed by atoms with E-state index >= 15 is 0 Å². The standard InChI is InChI=1S/C16H28O2/c1-7-10-15(17)13(5)11-14(9-3)16(18-6)12(4)8-2/h7-8,11,14-17H,1,9-10H2,2-6H3/b12-8+,13-11+/t14-,15-,16-/m0/s1. The van der Waals surface area contributed by atoms with Crippen molar-refractivity contribution in [3.8, 4) is 0 Å². The molecule has 0 heterocycles. The normalized spacial score (nSPS) is 18.3. The highest BCUT2D eigenvalue weighted by molar-refractivity contribution is 5.15. The third-order valence-electron chi connectivity index (χ3n) is 3.41. The molecule has 0 amide bonds. The van der Waals surface area contributed by atoms with Crippen LogP contribution in [0.1, 0.15) is 40.5 Å². The Morgan fingerprint density at radius 3 is 2.33 bits per heavy atom. The van der Waals surface area contributed by atoms with Crippen molar-refractivity contribution in [2.24, 2.45) is 5.92 Å². The molecule has 104 valence electrons. The highest BCUT2D eigenvalue weighted by atomic mass is 16.5. The molecule has 0 fully saturated rings. The summed E-state index contributed by atoms with van der Waals surface area (Å²) >= 11 is 0. The van der Waals surface area contributed by atoms with Gasteiger partial charge in [0.25, 0.3) is 0 Å². The van der Waals surface area contributed by atoms with Crippen LogP contribution in [0.25, 0.3) is 0 Å². The van der Waals surface area contributed by atoms with Gasteiger partial charge >= 0.3 is 0 Å². The van der Waals surface area contributed by atoms with Crippen molar-refractivity contribution >= 4 is 0 Å². The summed E-state index contributed by atoms with van der Waals surface area (Å²) in [6, 6.07) is 0. The van der Waals surface area contributed by atoms with Gasteiger partial charge in [-0.15, -0.1) is 6.58 Å². The third-order valence-corrected chi connectivity index (χ3v) is 3.41. The number of hydrogen-bond donors (Lipinski definition) is 1. The molecule has 0 saturated heterocycles. The lowest BCUT2D eigenvalue weighted by Gasteiger charge is -2.24. The van der Waals surface area contributed by atoms with Gasteiger partial charge in [-0.25, -0.2) is 0 Å². The second-order valence-electron chi connectivity index (χ2n) is 4.71. The fourth-order valence-electron chi connectivity index (χ4n) is 2.07. The van der Waals surface area contributed by atoms with Crippen molar-refractivity contribution < 1.29 is 9.84 Å². The molecule has 18 heavy (non-hydrogen) atoms. The molecule has 0 aromatic rings. The first-order chi connectivity index (χ1) is 8.51. The topological polar surface area (TPSA) is 29.5 Å². The molecule has 2 nitrogen and oxygen atoms in total. The molecule has 0 aromatic heterocycles. The molecule has 0 aliphatic carbocycles. The van der Waals surface area contributed by atoms with Crippen molar-refractivity contribution in [2.75, 3.05) is 7.11 Å². The zero-order valence-electron chi connectivity index (χ0n) is 12.4. The summed E-state index contributed by atoms with van der Waals surface area (Å²) in [5.41, 5.74) is 2.22. The molecule has 0 radical (unpaired) electrons. The zero-order chi connectivity index (χ0) is 14.1. The molecule has 0 aromatic carbocycles. The van der Waals surface area contributed by atoms with E-state index in [1.165, 1.54) is 5.57 Å². The number of methoxy groups -OCH3 is 1. The monoisotopic (exact) mass is 252 g/mol. The Hall–Kier alpha value is -0.860. The van der Waals surface area contributed by atoms with Crippen molar-refractivity contribution in [3.63, 3.8) is 0 Å². The second kappa shape index (κ2) is 9.12. The van der Waals surface area contributed by atoms with Crippen molar-refractivity contribution in [1.82, 2.24) is 0 Å². The quantitative estimate of drug-likeness (QED) is 0.664. The van der Waals surface area contributed by atoms with Crippen LogP contribution in [0, 0.1) is 5.92 Å². The van der Waals surface area contributed by atoms with E-state index in [0.717, 1.165) is 12.0 Å². The van der Waals surface area contributed by atoms with Gasteiger partial charge in [0.1, 0.15) is 0 Å². The van der Waals surface area contributed by atoms with E-state index in [1.54, 1.807) is 13.2 Å². The highest BCUT2D eigenvalue weighted by Gasteiger charge is 2.20. The maximum atomic E-state index is 9.92. The van der Waals surface area contributed by atoms with Gasteiger partial charge in [0.15, 0.2) is 0 Å². The predicted octanol–water partition coefficient (Wildman–Crippen LogP) is 3.88. The van der Waals surface area contributed by atoms with Crippen molar-refractivity contribution in [1.29, 1.82) is 0 Å². The van der Waals surface area contributed by atoms with Crippen LogP contribution < -0.4 is 0 Å². The van der Waals surface area contributed by atoms with Gasteiger partial charge in [0.05, 0.1) is 12.2 Å². The Balaban J connectivity index is 4.96. The summed E-state index contributed by atoms with van der Waals surface area (Å²) in [5.74, 6) is 0.297. The van der Waals surface area contributed by atoms with E-state index in [2.05, 4.69) is 32.6 Å². The summed E-state index contributed by atoms with van der Waals surface area (Å²) < 4.78 is 5.58. The molecule has 0 saturated carbocycles. The van der Waals surface area contributed by atoms with Crippen LogP contribution >= 0.6 is 0 Å². The molecule has 0 spiro atoms. The van der Waals surface area contributed by atoms with Crippen LogP contribution in [0.3, 0.4) is 0 Å². The molecule has 0 rings (SSSR count). The highest BCUT2D eigenvalue weighted by Crippen LogP contribution is 2.23. The van der Waals surface area contributed by atoms with E-state index in [9.17, 15) is 5.11 Å². The van der Waals surface area contributed by atoms with Gasteiger partial charge in [-0.05, 0) is 44.8 Å². The summed E-state index contributed by atoms with van der Waals surface area (Å²) in [5, 5.41) is 9.92. The minimum atomic E-state index is -0.431. The number of ether oxygens (including phenoxy) is 1. The third kappa shape index (κ3) is 5.19. The van der Waals surface area contributed by atoms with Crippen molar-refractivity contribution in [2.45, 2.75) is 52.7 Å². The first kappa shape index (κ1) is 17.1. The maximum Gasteiger partial charge on any atom is 0.0840 e. The molecule has 0 bridgehead atoms. The molecule has 0 aliphatic rings. The maximum absolute atomic E-state index is 9.92. The summed E-state index contributed by atoms with van der Waals surface area (Å²) in [6.45, 7) is 11.9. The van der Waals surface area contributed by atoms with E-state index < -0.39 is 6.10 Å². The summed E-state index contributed by atoms with van der Waals surface area (Å²) in [7, 11) is 1.74. The minimum Gasteiger partial charge on any atom is -0.388 e. The van der Waals surface area contributed by atoms with Crippen molar-refractivity contribution in [3.05, 3.63) is 36.0 Å². The minimum absolute atomic E-state index is 0.0888. The lowest BCUT2D eigenvalue weighted by atomic mass is 9.90. The number of hydrogen-bond acceptors (Lipinski definition) is 2. The first-order valence-electron chi connectivity index (χ1n) is 6.64. The fourth-order valence-corrected chi connectivity index (χ4v) is 2.07. The Kier molecular flexibility index (Phi) is 8.69. The smallest absolute Gasteiger partial charge is 0.0840 e. The van der Waals surface area contributed by atoms with Crippen LogP contribution in [0.5, 0.6) is 0 Å². The number of rotatable bonds is 8. The molecule has 2 heteroatoms. The second-order valence-corrected chi connectivity index (χ2v) is 4.71. The lowest BCUT2D eigenvalue weighted by Crippen LogP contribution is -2.23. The molecule has 0 aliphatic heterocycles. The van der Waals surface area contributed by atoms with Crippen LogP contribution in [-0.4, -0.2) is 24.4 Å². The van der Waals surface area contributed by atoms with Gasteiger partial charge in [0.2, 0.25) is 0 Å². The molecule has 3 atom stereocenters. The van der Waals surface area contributed by atoms with Crippen LogP contribution in [0.4, 0.5) is 0 Å². The SMILES string of the molecule is C=CC[C@H](O)/C(C)=C/[C@H](CC)[C@@H](OC)/C(C)=C/C. The zero-order valence-corrected chi connectivity index (χ0v) is 12.4. The predicted molar refractivity (Wildman–Crippen MR) is 78.6 cm³/mol. The van der Waals surface area contributed by atoms with E-state index in [1.807, 2.05) is 13.8 Å². The van der Waals surface area contributed by atoms with Crippen LogP contribution in [0.15, 0.2) is 36.0 Å². The van der Waals surface area contributed by atoms with E-state index in [-0.39, 0.29) is 6.10 Å².